The SMILES string of the molecule is O=[N+]([O-])c1cc(S(=O)(=O)Nc2cccc3nccnc23)ccc1Br. The maximum absolute atomic E-state index is 12.5. The normalized spacial score (nSPS) is 11.4. The summed E-state index contributed by atoms with van der Waals surface area (Å²) in [4.78, 5) is 18.3. The highest BCUT2D eigenvalue weighted by Gasteiger charge is 2.21. The van der Waals surface area contributed by atoms with Gasteiger partial charge in [0.05, 0.1) is 25.5 Å². The van der Waals surface area contributed by atoms with Gasteiger partial charge in [0, 0.05) is 18.5 Å². The molecule has 0 saturated carbocycles. The molecule has 1 N–H and O–H groups in total. The molecule has 0 aliphatic carbocycles. The number of hydrogen-bond donors (Lipinski definition) is 1. The van der Waals surface area contributed by atoms with Gasteiger partial charge in [0.2, 0.25) is 0 Å². The van der Waals surface area contributed by atoms with E-state index < -0.39 is 14.9 Å². The van der Waals surface area contributed by atoms with Gasteiger partial charge in [-0.05, 0) is 40.2 Å². The predicted octanol–water partition coefficient (Wildman–Crippen LogP) is 3.10. The Hall–Kier alpha value is -2.59. The second kappa shape index (κ2) is 6.13. The summed E-state index contributed by atoms with van der Waals surface area (Å²) in [6.07, 6.45) is 2.95. The van der Waals surface area contributed by atoms with E-state index in [1.165, 1.54) is 24.5 Å². The number of benzene rings is 2. The highest BCUT2D eigenvalue weighted by molar-refractivity contribution is 9.10. The smallest absolute Gasteiger partial charge is 0.277 e. The molecule has 8 nitrogen and oxygen atoms in total. The van der Waals surface area contributed by atoms with Gasteiger partial charge < -0.3 is 0 Å². The zero-order valence-electron chi connectivity index (χ0n) is 11.9. The Kier molecular flexibility index (Phi) is 4.16. The van der Waals surface area contributed by atoms with Crippen LogP contribution in [0.2, 0.25) is 0 Å². The third kappa shape index (κ3) is 3.05. The molecule has 0 bridgehead atoms. The minimum absolute atomic E-state index is 0.197. The monoisotopic (exact) mass is 408 g/mol. The van der Waals surface area contributed by atoms with Gasteiger partial charge in [-0.3, -0.25) is 24.8 Å². The van der Waals surface area contributed by atoms with E-state index in [1.54, 1.807) is 18.2 Å². The van der Waals surface area contributed by atoms with Gasteiger partial charge in [-0.2, -0.15) is 0 Å². The number of nitro groups is 1. The molecule has 0 unspecified atom stereocenters. The largest absolute Gasteiger partial charge is 0.284 e. The van der Waals surface area contributed by atoms with Crippen molar-refractivity contribution >= 4 is 48.4 Å². The van der Waals surface area contributed by atoms with Crippen LogP contribution < -0.4 is 4.72 Å². The predicted molar refractivity (Wildman–Crippen MR) is 91.1 cm³/mol. The maximum Gasteiger partial charge on any atom is 0.284 e. The van der Waals surface area contributed by atoms with Crippen LogP contribution in [0.3, 0.4) is 0 Å². The minimum atomic E-state index is -4.02. The average molecular weight is 409 g/mol. The average Bonchev–Trinajstić information content (AvgIpc) is 2.55. The van der Waals surface area contributed by atoms with E-state index in [0.717, 1.165) is 6.07 Å². The summed E-state index contributed by atoms with van der Waals surface area (Å²) >= 11 is 3.02. The van der Waals surface area contributed by atoms with Gasteiger partial charge in [0.25, 0.3) is 15.7 Å². The first-order chi connectivity index (χ1) is 11.4. The zero-order valence-corrected chi connectivity index (χ0v) is 14.3. The molecule has 0 aliphatic rings. The number of sulfonamides is 1. The lowest BCUT2D eigenvalue weighted by Gasteiger charge is -2.10. The Labute approximate surface area is 144 Å². The first-order valence-electron chi connectivity index (χ1n) is 6.55. The van der Waals surface area contributed by atoms with Crippen LogP contribution in [0.5, 0.6) is 0 Å². The number of aromatic nitrogens is 2. The number of halogens is 1. The molecule has 0 aliphatic heterocycles. The van der Waals surface area contributed by atoms with Crippen molar-refractivity contribution in [3.05, 3.63) is 63.4 Å². The lowest BCUT2D eigenvalue weighted by molar-refractivity contribution is -0.385. The van der Waals surface area contributed by atoms with Crippen LogP contribution in [0.25, 0.3) is 11.0 Å². The van der Waals surface area contributed by atoms with E-state index in [2.05, 4.69) is 30.6 Å². The number of fused-ring (bicyclic) bond motifs is 1. The van der Waals surface area contributed by atoms with Gasteiger partial charge in [0.15, 0.2) is 0 Å². The molecule has 1 aromatic heterocycles. The second-order valence-corrected chi connectivity index (χ2v) is 7.24. The summed E-state index contributed by atoms with van der Waals surface area (Å²) in [6.45, 7) is 0. The van der Waals surface area contributed by atoms with E-state index in [4.69, 9.17) is 0 Å². The molecule has 0 fully saturated rings. The Morgan fingerprint density at radius 2 is 1.88 bits per heavy atom. The topological polar surface area (TPSA) is 115 Å². The summed E-state index contributed by atoms with van der Waals surface area (Å²) in [6, 6.07) is 8.46. The molecule has 1 heterocycles. The van der Waals surface area contributed by atoms with Crippen molar-refractivity contribution in [2.45, 2.75) is 4.90 Å². The van der Waals surface area contributed by atoms with E-state index in [-0.39, 0.29) is 20.7 Å². The lowest BCUT2D eigenvalue weighted by Crippen LogP contribution is -2.13. The standard InChI is InChI=1S/C14H9BrN4O4S/c15-10-5-4-9(8-13(10)19(20)21)24(22,23)18-12-3-1-2-11-14(12)17-7-6-16-11/h1-8,18H. The highest BCUT2D eigenvalue weighted by Crippen LogP contribution is 2.29. The fourth-order valence-electron chi connectivity index (χ4n) is 2.08. The first-order valence-corrected chi connectivity index (χ1v) is 8.82. The Balaban J connectivity index is 2.05. The molecule has 0 radical (unpaired) electrons. The number of para-hydroxylation sites is 1. The van der Waals surface area contributed by atoms with E-state index >= 15 is 0 Å². The molecule has 3 rings (SSSR count). The summed E-state index contributed by atoms with van der Waals surface area (Å²) in [5.74, 6) is 0. The molecule has 0 spiro atoms. The summed E-state index contributed by atoms with van der Waals surface area (Å²) in [5, 5.41) is 11.0. The Morgan fingerprint density at radius 3 is 2.62 bits per heavy atom. The van der Waals surface area contributed by atoms with Gasteiger partial charge in [-0.25, -0.2) is 8.42 Å². The second-order valence-electron chi connectivity index (χ2n) is 4.71. The minimum Gasteiger partial charge on any atom is -0.277 e. The number of nitrogens with zero attached hydrogens (tertiary/aromatic N) is 3. The highest BCUT2D eigenvalue weighted by atomic mass is 79.9. The summed E-state index contributed by atoms with van der Waals surface area (Å²) in [5.41, 5.74) is 0.816. The fraction of sp³-hybridized carbons (Fsp3) is 0. The van der Waals surface area contributed by atoms with Crippen LogP contribution in [-0.4, -0.2) is 23.3 Å². The molecule has 24 heavy (non-hydrogen) atoms. The fourth-order valence-corrected chi connectivity index (χ4v) is 3.56. The van der Waals surface area contributed by atoms with Crippen molar-refractivity contribution in [1.82, 2.24) is 9.97 Å². The van der Waals surface area contributed by atoms with Crippen molar-refractivity contribution in [3.63, 3.8) is 0 Å². The van der Waals surface area contributed by atoms with E-state index in [1.807, 2.05) is 0 Å². The van der Waals surface area contributed by atoms with Gasteiger partial charge in [-0.1, -0.05) is 6.07 Å². The van der Waals surface area contributed by atoms with Gasteiger partial charge >= 0.3 is 0 Å². The number of anilines is 1. The zero-order chi connectivity index (χ0) is 17.3. The first kappa shape index (κ1) is 16.3. The molecule has 0 atom stereocenters. The number of rotatable bonds is 4. The van der Waals surface area contributed by atoms with Crippen molar-refractivity contribution in [1.29, 1.82) is 0 Å². The van der Waals surface area contributed by atoms with Crippen LogP contribution in [0.4, 0.5) is 11.4 Å². The van der Waals surface area contributed by atoms with E-state index in [9.17, 15) is 18.5 Å². The maximum atomic E-state index is 12.5. The van der Waals surface area contributed by atoms with Gasteiger partial charge in [0.1, 0.15) is 5.52 Å². The lowest BCUT2D eigenvalue weighted by atomic mass is 10.2. The molecular weight excluding hydrogens is 400 g/mol. The van der Waals surface area contributed by atoms with Crippen LogP contribution in [0.15, 0.2) is 58.2 Å². The van der Waals surface area contributed by atoms with Crippen molar-refractivity contribution in [2.24, 2.45) is 0 Å². The molecular formula is C14H9BrN4O4S. The van der Waals surface area contributed by atoms with Crippen molar-refractivity contribution in [2.75, 3.05) is 4.72 Å². The summed E-state index contributed by atoms with van der Waals surface area (Å²) < 4.78 is 27.7. The Bertz CT molecular complexity index is 1050. The van der Waals surface area contributed by atoms with Gasteiger partial charge in [-0.15, -0.1) is 0 Å². The quantitative estimate of drug-likeness (QED) is 0.523. The number of nitrogens with one attached hydrogen (secondary N) is 1. The van der Waals surface area contributed by atoms with Crippen molar-refractivity contribution in [3.8, 4) is 0 Å². The number of nitro benzene ring substituents is 1. The third-order valence-corrected chi connectivity index (χ3v) is 5.20. The van der Waals surface area contributed by atoms with Crippen LogP contribution >= 0.6 is 15.9 Å². The Morgan fingerprint density at radius 1 is 1.12 bits per heavy atom. The molecule has 0 amide bonds. The molecule has 122 valence electrons. The van der Waals surface area contributed by atoms with Crippen molar-refractivity contribution < 1.29 is 13.3 Å². The molecule has 2 aromatic carbocycles. The van der Waals surface area contributed by atoms with Crippen LogP contribution in [0, 0.1) is 10.1 Å². The van der Waals surface area contributed by atoms with Crippen LogP contribution in [0.1, 0.15) is 0 Å². The van der Waals surface area contributed by atoms with E-state index in [0.29, 0.717) is 11.0 Å². The summed E-state index contributed by atoms with van der Waals surface area (Å²) in [7, 11) is -4.02. The van der Waals surface area contributed by atoms with Crippen LogP contribution in [-0.2, 0) is 10.0 Å². The molecule has 0 saturated heterocycles. The third-order valence-electron chi connectivity index (χ3n) is 3.17. The number of hydrogen-bond acceptors (Lipinski definition) is 6. The molecule has 10 heteroatoms. The molecule has 3 aromatic rings.